The van der Waals surface area contributed by atoms with E-state index in [1.54, 1.807) is 28.0 Å². The predicted octanol–water partition coefficient (Wildman–Crippen LogP) is 0.944. The van der Waals surface area contributed by atoms with Crippen LogP contribution in [0.1, 0.15) is 18.4 Å². The first kappa shape index (κ1) is 21.2. The number of benzene rings is 1. The number of hydrogen-bond donors (Lipinski definition) is 0. The third-order valence-corrected chi connectivity index (χ3v) is 5.71. The lowest BCUT2D eigenvalue weighted by molar-refractivity contribution is -0.146. The molecule has 0 aliphatic carbocycles. The Labute approximate surface area is 184 Å². The van der Waals surface area contributed by atoms with Gasteiger partial charge in [-0.25, -0.2) is 0 Å². The number of imide groups is 1. The second-order valence-corrected chi connectivity index (χ2v) is 7.85. The van der Waals surface area contributed by atoms with Gasteiger partial charge in [-0.2, -0.15) is 0 Å². The van der Waals surface area contributed by atoms with Crippen LogP contribution in [0.15, 0.2) is 18.2 Å². The zero-order valence-corrected chi connectivity index (χ0v) is 17.6. The van der Waals surface area contributed by atoms with Crippen molar-refractivity contribution < 1.29 is 28.7 Å². The van der Waals surface area contributed by atoms with Crippen LogP contribution in [0.2, 0.25) is 5.02 Å². The third-order valence-electron chi connectivity index (χ3n) is 5.43. The summed E-state index contributed by atoms with van der Waals surface area (Å²) in [4.78, 5) is 52.6. The van der Waals surface area contributed by atoms with E-state index in [1.165, 1.54) is 6.08 Å². The number of halogens is 1. The highest BCUT2D eigenvalue weighted by molar-refractivity contribution is 6.32. The van der Waals surface area contributed by atoms with Crippen LogP contribution in [0.4, 0.5) is 0 Å². The number of nitrogens with zero attached hydrogens (tertiary/aromatic N) is 3. The SMILES string of the molecule is O=C(/C=C/c1cc(Cl)c2c(c1)OCCO2)N1CCN(C(=O)CN2C(=O)CCC2=O)CC1. The van der Waals surface area contributed by atoms with E-state index in [2.05, 4.69) is 0 Å². The molecule has 0 bridgehead atoms. The van der Waals surface area contributed by atoms with E-state index >= 15 is 0 Å². The fourth-order valence-electron chi connectivity index (χ4n) is 3.71. The zero-order valence-electron chi connectivity index (χ0n) is 16.8. The van der Waals surface area contributed by atoms with Crippen molar-refractivity contribution in [2.24, 2.45) is 0 Å². The summed E-state index contributed by atoms with van der Waals surface area (Å²) < 4.78 is 11.0. The standard InChI is InChI=1S/C21H22ClN3O6/c22-15-11-14(12-16-21(15)31-10-9-30-16)1-2-17(26)23-5-7-24(8-6-23)20(29)13-25-18(27)3-4-19(25)28/h1-2,11-12H,3-10,13H2/b2-1+. The second-order valence-electron chi connectivity index (χ2n) is 7.44. The van der Waals surface area contributed by atoms with Crippen molar-refractivity contribution in [3.63, 3.8) is 0 Å². The van der Waals surface area contributed by atoms with Gasteiger partial charge in [0.1, 0.15) is 19.8 Å². The monoisotopic (exact) mass is 447 g/mol. The van der Waals surface area contributed by atoms with Crippen LogP contribution in [-0.2, 0) is 19.2 Å². The van der Waals surface area contributed by atoms with Crippen LogP contribution < -0.4 is 9.47 Å². The van der Waals surface area contributed by atoms with E-state index in [0.29, 0.717) is 55.9 Å². The maximum Gasteiger partial charge on any atom is 0.246 e. The molecule has 0 saturated carbocycles. The summed E-state index contributed by atoms with van der Waals surface area (Å²) >= 11 is 6.22. The Balaban J connectivity index is 1.30. The molecule has 1 aromatic carbocycles. The van der Waals surface area contributed by atoms with Gasteiger partial charge in [0.2, 0.25) is 23.6 Å². The van der Waals surface area contributed by atoms with Gasteiger partial charge in [-0.05, 0) is 23.8 Å². The molecule has 0 N–H and O–H groups in total. The van der Waals surface area contributed by atoms with Crippen LogP contribution in [-0.4, -0.2) is 84.3 Å². The molecule has 1 aromatic rings. The summed E-state index contributed by atoms with van der Waals surface area (Å²) in [5.41, 5.74) is 0.719. The molecule has 0 radical (unpaired) electrons. The van der Waals surface area contributed by atoms with Gasteiger partial charge in [0.15, 0.2) is 11.5 Å². The molecule has 9 nitrogen and oxygen atoms in total. The van der Waals surface area contributed by atoms with E-state index in [1.807, 2.05) is 0 Å². The van der Waals surface area contributed by atoms with Gasteiger partial charge in [-0.1, -0.05) is 11.6 Å². The Bertz CT molecular complexity index is 939. The number of carbonyl (C=O) groups is 4. The Kier molecular flexibility index (Phi) is 6.13. The van der Waals surface area contributed by atoms with Gasteiger partial charge in [-0.3, -0.25) is 24.1 Å². The van der Waals surface area contributed by atoms with Crippen molar-refractivity contribution in [1.82, 2.24) is 14.7 Å². The third kappa shape index (κ3) is 4.66. The van der Waals surface area contributed by atoms with Crippen molar-refractivity contribution in [2.45, 2.75) is 12.8 Å². The molecule has 4 amide bonds. The second kappa shape index (κ2) is 8.97. The molecule has 164 valence electrons. The molecule has 0 spiro atoms. The van der Waals surface area contributed by atoms with E-state index in [-0.39, 0.29) is 43.0 Å². The van der Waals surface area contributed by atoms with E-state index in [0.717, 1.165) is 10.5 Å². The van der Waals surface area contributed by atoms with Crippen molar-refractivity contribution >= 4 is 41.3 Å². The average Bonchev–Trinajstić information content (AvgIpc) is 3.09. The van der Waals surface area contributed by atoms with Crippen molar-refractivity contribution in [3.05, 3.63) is 28.8 Å². The van der Waals surface area contributed by atoms with Crippen LogP contribution in [0.5, 0.6) is 11.5 Å². The summed E-state index contributed by atoms with van der Waals surface area (Å²) in [7, 11) is 0. The predicted molar refractivity (Wildman–Crippen MR) is 111 cm³/mol. The fraction of sp³-hybridized carbons (Fsp3) is 0.429. The zero-order chi connectivity index (χ0) is 22.0. The van der Waals surface area contributed by atoms with Crippen molar-refractivity contribution in [1.29, 1.82) is 0 Å². The summed E-state index contributed by atoms with van der Waals surface area (Å²) in [6, 6.07) is 3.47. The molecule has 0 atom stereocenters. The van der Waals surface area contributed by atoms with Crippen LogP contribution >= 0.6 is 11.6 Å². The summed E-state index contributed by atoms with van der Waals surface area (Å²) in [5.74, 6) is -0.0179. The molecule has 0 unspecified atom stereocenters. The van der Waals surface area contributed by atoms with Gasteiger partial charge in [0.05, 0.1) is 5.02 Å². The molecule has 0 aromatic heterocycles. The lowest BCUT2D eigenvalue weighted by atomic mass is 10.1. The maximum absolute atomic E-state index is 12.5. The molecule has 31 heavy (non-hydrogen) atoms. The first-order valence-corrected chi connectivity index (χ1v) is 10.5. The quantitative estimate of drug-likeness (QED) is 0.503. The topological polar surface area (TPSA) is 96.5 Å². The van der Waals surface area contributed by atoms with Crippen LogP contribution in [0, 0.1) is 0 Å². The van der Waals surface area contributed by atoms with Gasteiger partial charge < -0.3 is 19.3 Å². The van der Waals surface area contributed by atoms with Crippen LogP contribution in [0.25, 0.3) is 6.08 Å². The largest absolute Gasteiger partial charge is 0.486 e. The van der Waals surface area contributed by atoms with Crippen molar-refractivity contribution in [3.8, 4) is 11.5 Å². The van der Waals surface area contributed by atoms with Crippen molar-refractivity contribution in [2.75, 3.05) is 45.9 Å². The number of carbonyl (C=O) groups excluding carboxylic acids is 4. The maximum atomic E-state index is 12.5. The molecule has 2 fully saturated rings. The molecule has 3 heterocycles. The number of ether oxygens (including phenoxy) is 2. The minimum Gasteiger partial charge on any atom is -0.486 e. The number of fused-ring (bicyclic) bond motifs is 1. The number of likely N-dealkylation sites (tertiary alicyclic amines) is 1. The van der Waals surface area contributed by atoms with E-state index < -0.39 is 0 Å². The van der Waals surface area contributed by atoms with E-state index in [9.17, 15) is 19.2 Å². The normalized spacial score (nSPS) is 18.8. The number of hydrogen-bond acceptors (Lipinski definition) is 6. The molecule has 3 aliphatic rings. The smallest absolute Gasteiger partial charge is 0.246 e. The van der Waals surface area contributed by atoms with Gasteiger partial charge in [0.25, 0.3) is 0 Å². The van der Waals surface area contributed by atoms with Gasteiger partial charge in [-0.15, -0.1) is 0 Å². The summed E-state index contributed by atoms with van der Waals surface area (Å²) in [6.45, 7) is 2.11. The Hall–Kier alpha value is -3.07. The number of piperazine rings is 1. The fourth-order valence-corrected chi connectivity index (χ4v) is 3.98. The Morgan fingerprint density at radius 1 is 0.968 bits per heavy atom. The average molecular weight is 448 g/mol. The molecule has 10 heteroatoms. The highest BCUT2D eigenvalue weighted by Crippen LogP contribution is 2.38. The molecular weight excluding hydrogens is 426 g/mol. The minimum atomic E-state index is -0.309. The first-order chi connectivity index (χ1) is 14.9. The van der Waals surface area contributed by atoms with E-state index in [4.69, 9.17) is 21.1 Å². The molecular formula is C21H22ClN3O6. The van der Waals surface area contributed by atoms with Gasteiger partial charge >= 0.3 is 0 Å². The highest BCUT2D eigenvalue weighted by Gasteiger charge is 2.32. The summed E-state index contributed by atoms with van der Waals surface area (Å²) in [5, 5.41) is 0.423. The number of rotatable bonds is 4. The van der Waals surface area contributed by atoms with Gasteiger partial charge in [0, 0.05) is 45.1 Å². The number of amides is 4. The lowest BCUT2D eigenvalue weighted by Gasteiger charge is -2.34. The van der Waals surface area contributed by atoms with Crippen LogP contribution in [0.3, 0.4) is 0 Å². The summed E-state index contributed by atoms with van der Waals surface area (Å²) in [6.07, 6.45) is 3.44. The first-order valence-electron chi connectivity index (χ1n) is 10.1. The Morgan fingerprint density at radius 3 is 2.32 bits per heavy atom. The molecule has 2 saturated heterocycles. The minimum absolute atomic E-state index is 0.162. The lowest BCUT2D eigenvalue weighted by Crippen LogP contribution is -2.52. The highest BCUT2D eigenvalue weighted by atomic mass is 35.5. The molecule has 4 rings (SSSR count). The molecule has 3 aliphatic heterocycles. The Morgan fingerprint density at radius 2 is 1.61 bits per heavy atom.